The summed E-state index contributed by atoms with van der Waals surface area (Å²) in [4.78, 5) is 12.0. The fourth-order valence-corrected chi connectivity index (χ4v) is 1.92. The summed E-state index contributed by atoms with van der Waals surface area (Å²) in [5, 5.41) is 5.58. The Morgan fingerprint density at radius 3 is 1.60 bits per heavy atom. The van der Waals surface area contributed by atoms with E-state index in [4.69, 9.17) is 11.5 Å². The normalized spacial score (nSPS) is 10.1. The molecule has 0 saturated carbocycles. The van der Waals surface area contributed by atoms with E-state index in [2.05, 4.69) is 10.6 Å². The molecule has 0 heterocycles. The first-order valence-electron chi connectivity index (χ1n) is 6.38. The minimum atomic E-state index is -0.313. The monoisotopic (exact) mass is 270 g/mol. The lowest BCUT2D eigenvalue weighted by Crippen LogP contribution is -2.21. The Bertz CT molecular complexity index is 546. The summed E-state index contributed by atoms with van der Waals surface area (Å²) < 4.78 is 0. The zero-order valence-electron chi connectivity index (χ0n) is 11.1. The van der Waals surface area contributed by atoms with Crippen molar-refractivity contribution in [3.63, 3.8) is 0 Å². The van der Waals surface area contributed by atoms with E-state index in [1.54, 1.807) is 0 Å². The maximum Gasteiger partial charge on any atom is 0.323 e. The molecule has 0 aliphatic rings. The van der Waals surface area contributed by atoms with Crippen LogP contribution in [0, 0.1) is 0 Å². The fourth-order valence-electron chi connectivity index (χ4n) is 1.92. The minimum absolute atomic E-state index is 0.313. The SMILES string of the molecule is NCc1ccccc1NC(=O)Nc1ccccc1CN. The average molecular weight is 270 g/mol. The van der Waals surface area contributed by atoms with Crippen LogP contribution < -0.4 is 22.1 Å². The van der Waals surface area contributed by atoms with Crippen molar-refractivity contribution < 1.29 is 4.79 Å². The lowest BCUT2D eigenvalue weighted by molar-refractivity contribution is 0.262. The number of carbonyl (C=O) groups is 1. The van der Waals surface area contributed by atoms with Crippen molar-refractivity contribution in [3.8, 4) is 0 Å². The second-order valence-electron chi connectivity index (χ2n) is 4.30. The van der Waals surface area contributed by atoms with Gasteiger partial charge >= 0.3 is 6.03 Å². The number of carbonyl (C=O) groups excluding carboxylic acids is 1. The highest BCUT2D eigenvalue weighted by molar-refractivity contribution is 6.00. The topological polar surface area (TPSA) is 93.2 Å². The van der Waals surface area contributed by atoms with Gasteiger partial charge in [-0.15, -0.1) is 0 Å². The van der Waals surface area contributed by atoms with Gasteiger partial charge in [0.15, 0.2) is 0 Å². The fraction of sp³-hybridized carbons (Fsp3) is 0.133. The maximum atomic E-state index is 12.0. The smallest absolute Gasteiger partial charge is 0.323 e. The molecule has 0 aromatic heterocycles. The molecule has 2 aromatic carbocycles. The Morgan fingerprint density at radius 1 is 0.800 bits per heavy atom. The second kappa shape index (κ2) is 6.70. The molecule has 0 unspecified atom stereocenters. The lowest BCUT2D eigenvalue weighted by Gasteiger charge is -2.12. The number of hydrogen-bond donors (Lipinski definition) is 4. The largest absolute Gasteiger partial charge is 0.326 e. The van der Waals surface area contributed by atoms with E-state index in [0.29, 0.717) is 24.5 Å². The molecular weight excluding hydrogens is 252 g/mol. The van der Waals surface area contributed by atoms with Crippen molar-refractivity contribution in [2.24, 2.45) is 11.5 Å². The number of benzene rings is 2. The van der Waals surface area contributed by atoms with Crippen molar-refractivity contribution in [3.05, 3.63) is 59.7 Å². The molecule has 0 saturated heterocycles. The van der Waals surface area contributed by atoms with E-state index in [0.717, 1.165) is 11.1 Å². The Morgan fingerprint density at radius 2 is 1.20 bits per heavy atom. The second-order valence-corrected chi connectivity index (χ2v) is 4.30. The van der Waals surface area contributed by atoms with Gasteiger partial charge in [-0.1, -0.05) is 36.4 Å². The third kappa shape index (κ3) is 3.34. The van der Waals surface area contributed by atoms with Crippen LogP contribution in [0.2, 0.25) is 0 Å². The summed E-state index contributed by atoms with van der Waals surface area (Å²) in [6, 6.07) is 14.5. The van der Waals surface area contributed by atoms with Crippen LogP contribution >= 0.6 is 0 Å². The van der Waals surface area contributed by atoms with Gasteiger partial charge in [0, 0.05) is 24.5 Å². The number of urea groups is 1. The Labute approximate surface area is 118 Å². The van der Waals surface area contributed by atoms with Crippen molar-refractivity contribution in [2.75, 3.05) is 10.6 Å². The molecule has 5 heteroatoms. The van der Waals surface area contributed by atoms with Gasteiger partial charge in [-0.2, -0.15) is 0 Å². The van der Waals surface area contributed by atoms with Gasteiger partial charge in [-0.3, -0.25) is 0 Å². The average Bonchev–Trinajstić information content (AvgIpc) is 2.48. The summed E-state index contributed by atoms with van der Waals surface area (Å²) >= 11 is 0. The molecule has 0 aliphatic heterocycles. The standard InChI is InChI=1S/C15H18N4O/c16-9-11-5-1-3-7-13(11)18-15(20)19-14-8-4-2-6-12(14)10-17/h1-8H,9-10,16-17H2,(H2,18,19,20). The molecule has 2 aromatic rings. The molecule has 0 atom stereocenters. The molecule has 0 bridgehead atoms. The van der Waals surface area contributed by atoms with Crippen molar-refractivity contribution in [1.29, 1.82) is 0 Å². The van der Waals surface area contributed by atoms with Crippen LogP contribution in [0.5, 0.6) is 0 Å². The first-order valence-corrected chi connectivity index (χ1v) is 6.38. The number of rotatable bonds is 4. The quantitative estimate of drug-likeness (QED) is 0.686. The van der Waals surface area contributed by atoms with E-state index >= 15 is 0 Å². The molecule has 2 rings (SSSR count). The molecule has 6 N–H and O–H groups in total. The number of nitrogens with one attached hydrogen (secondary N) is 2. The summed E-state index contributed by atoms with van der Waals surface area (Å²) in [7, 11) is 0. The predicted octanol–water partition coefficient (Wildman–Crippen LogP) is 2.25. The highest BCUT2D eigenvalue weighted by atomic mass is 16.2. The Hall–Kier alpha value is -2.37. The zero-order valence-corrected chi connectivity index (χ0v) is 11.1. The number of nitrogens with two attached hydrogens (primary N) is 2. The molecule has 0 radical (unpaired) electrons. The van der Waals surface area contributed by atoms with Crippen LogP contribution in [-0.2, 0) is 13.1 Å². The van der Waals surface area contributed by atoms with Crippen LogP contribution in [0.1, 0.15) is 11.1 Å². The summed E-state index contributed by atoms with van der Waals surface area (Å²) in [6.07, 6.45) is 0. The van der Waals surface area contributed by atoms with Crippen molar-refractivity contribution in [1.82, 2.24) is 0 Å². The molecular formula is C15H18N4O. The van der Waals surface area contributed by atoms with E-state index in [-0.39, 0.29) is 6.03 Å². The number of amides is 2. The molecule has 0 fully saturated rings. The zero-order chi connectivity index (χ0) is 14.4. The van der Waals surface area contributed by atoms with Crippen molar-refractivity contribution in [2.45, 2.75) is 13.1 Å². The third-order valence-corrected chi connectivity index (χ3v) is 2.97. The minimum Gasteiger partial charge on any atom is -0.326 e. The van der Waals surface area contributed by atoms with Crippen LogP contribution in [-0.4, -0.2) is 6.03 Å². The van der Waals surface area contributed by atoms with Crippen LogP contribution in [0.25, 0.3) is 0 Å². The summed E-state index contributed by atoms with van der Waals surface area (Å²) in [6.45, 7) is 0.742. The van der Waals surface area contributed by atoms with E-state index in [1.165, 1.54) is 0 Å². The summed E-state index contributed by atoms with van der Waals surface area (Å²) in [5.74, 6) is 0. The number of anilines is 2. The molecule has 5 nitrogen and oxygen atoms in total. The van der Waals surface area contributed by atoms with Gasteiger partial charge in [0.25, 0.3) is 0 Å². The molecule has 20 heavy (non-hydrogen) atoms. The highest BCUT2D eigenvalue weighted by Gasteiger charge is 2.07. The molecule has 2 amide bonds. The highest BCUT2D eigenvalue weighted by Crippen LogP contribution is 2.17. The van der Waals surface area contributed by atoms with Gasteiger partial charge in [0.1, 0.15) is 0 Å². The number of hydrogen-bond acceptors (Lipinski definition) is 3. The van der Waals surface area contributed by atoms with Crippen LogP contribution in [0.3, 0.4) is 0 Å². The van der Waals surface area contributed by atoms with Gasteiger partial charge in [0.05, 0.1) is 0 Å². The number of para-hydroxylation sites is 2. The van der Waals surface area contributed by atoms with Crippen LogP contribution in [0.4, 0.5) is 16.2 Å². The van der Waals surface area contributed by atoms with Gasteiger partial charge in [-0.05, 0) is 23.3 Å². The molecule has 0 aliphatic carbocycles. The predicted molar refractivity (Wildman–Crippen MR) is 81.3 cm³/mol. The first-order chi connectivity index (χ1) is 9.74. The van der Waals surface area contributed by atoms with Crippen molar-refractivity contribution >= 4 is 17.4 Å². The first kappa shape index (κ1) is 14.0. The Kier molecular flexibility index (Phi) is 4.70. The van der Waals surface area contributed by atoms with Gasteiger partial charge in [-0.25, -0.2) is 4.79 Å². The summed E-state index contributed by atoms with van der Waals surface area (Å²) in [5.41, 5.74) is 14.5. The van der Waals surface area contributed by atoms with Crippen LogP contribution in [0.15, 0.2) is 48.5 Å². The van der Waals surface area contributed by atoms with E-state index in [1.807, 2.05) is 48.5 Å². The van der Waals surface area contributed by atoms with Gasteiger partial charge < -0.3 is 22.1 Å². The Balaban J connectivity index is 2.09. The third-order valence-electron chi connectivity index (χ3n) is 2.97. The van der Waals surface area contributed by atoms with E-state index in [9.17, 15) is 4.79 Å². The van der Waals surface area contributed by atoms with Gasteiger partial charge in [0.2, 0.25) is 0 Å². The molecule has 0 spiro atoms. The van der Waals surface area contributed by atoms with E-state index < -0.39 is 0 Å². The molecule has 104 valence electrons. The lowest BCUT2D eigenvalue weighted by atomic mass is 10.1. The maximum absolute atomic E-state index is 12.0.